The van der Waals surface area contributed by atoms with Crippen molar-refractivity contribution in [3.05, 3.63) is 29.3 Å². The molecule has 0 amide bonds. The van der Waals surface area contributed by atoms with Crippen molar-refractivity contribution in [3.8, 4) is 11.8 Å². The molecule has 0 aliphatic rings. The molecular weight excluding hydrogens is 126 g/mol. The predicted molar refractivity (Wildman–Crippen MR) is 37.6 cm³/mol. The molecule has 0 atom stereocenters. The Morgan fingerprint density at radius 3 is 2.70 bits per heavy atom. The molecule has 0 aliphatic heterocycles. The van der Waals surface area contributed by atoms with Gasteiger partial charge in [-0.25, -0.2) is 0 Å². The molecule has 0 unspecified atom stereocenters. The highest BCUT2D eigenvalue weighted by molar-refractivity contribution is 5.44. The van der Waals surface area contributed by atoms with Crippen molar-refractivity contribution in [2.75, 3.05) is 0 Å². The van der Waals surface area contributed by atoms with Gasteiger partial charge >= 0.3 is 0 Å². The number of rotatable bonds is 0. The van der Waals surface area contributed by atoms with Gasteiger partial charge in [0.2, 0.25) is 0 Å². The van der Waals surface area contributed by atoms with Gasteiger partial charge in [0.15, 0.2) is 0 Å². The number of phenols is 1. The number of nitrogens with zero attached hydrogens (tertiary/aromatic N) is 1. The van der Waals surface area contributed by atoms with Crippen molar-refractivity contribution in [2.45, 2.75) is 6.92 Å². The van der Waals surface area contributed by atoms with E-state index in [9.17, 15) is 0 Å². The van der Waals surface area contributed by atoms with Crippen LogP contribution in [0, 0.1) is 18.3 Å². The minimum Gasteiger partial charge on any atom is -0.508 e. The molecule has 1 rings (SSSR count). The first kappa shape index (κ1) is 6.63. The molecule has 0 saturated heterocycles. The van der Waals surface area contributed by atoms with Crippen LogP contribution >= 0.6 is 0 Å². The van der Waals surface area contributed by atoms with Crippen LogP contribution in [0.25, 0.3) is 0 Å². The van der Waals surface area contributed by atoms with Crippen molar-refractivity contribution in [1.82, 2.24) is 0 Å². The summed E-state index contributed by atoms with van der Waals surface area (Å²) in [6, 6.07) is 6.87. The second-order valence-electron chi connectivity index (χ2n) is 2.06. The summed E-state index contributed by atoms with van der Waals surface area (Å²) in [5.41, 5.74) is 1.17. The lowest BCUT2D eigenvalue weighted by atomic mass is 10.1. The predicted octanol–water partition coefficient (Wildman–Crippen LogP) is 1.57. The third-order valence-corrected chi connectivity index (χ3v) is 1.43. The summed E-state index contributed by atoms with van der Waals surface area (Å²) in [6.45, 7) is 1.72. The smallest absolute Gasteiger partial charge is 0.119 e. The van der Waals surface area contributed by atoms with Crippen LogP contribution in [-0.2, 0) is 0 Å². The molecule has 0 heterocycles. The maximum atomic E-state index is 9.08. The molecule has 1 aromatic rings. The Morgan fingerprint density at radius 2 is 2.20 bits per heavy atom. The van der Waals surface area contributed by atoms with Gasteiger partial charge < -0.3 is 5.11 Å². The van der Waals surface area contributed by atoms with Crippen LogP contribution in [0.1, 0.15) is 11.1 Å². The van der Waals surface area contributed by atoms with E-state index in [2.05, 4.69) is 0 Å². The van der Waals surface area contributed by atoms with Crippen LogP contribution < -0.4 is 0 Å². The molecule has 0 aromatic heterocycles. The zero-order valence-corrected chi connectivity index (χ0v) is 5.63. The number of aromatic hydroxyl groups is 1. The van der Waals surface area contributed by atoms with E-state index in [4.69, 9.17) is 10.4 Å². The maximum absolute atomic E-state index is 9.08. The van der Waals surface area contributed by atoms with Gasteiger partial charge in [0.1, 0.15) is 5.75 Å². The van der Waals surface area contributed by atoms with Crippen molar-refractivity contribution in [2.24, 2.45) is 0 Å². The Morgan fingerprint density at radius 1 is 1.50 bits per heavy atom. The standard InChI is InChI=1S/C8H7NO/c1-6-7(5-9)3-2-4-8(6)10/h2-4,10H,1H3. The molecule has 0 radical (unpaired) electrons. The minimum absolute atomic E-state index is 0.180. The van der Waals surface area contributed by atoms with Crippen molar-refractivity contribution < 1.29 is 5.11 Å². The summed E-state index contributed by atoms with van der Waals surface area (Å²) < 4.78 is 0. The summed E-state index contributed by atoms with van der Waals surface area (Å²) >= 11 is 0. The van der Waals surface area contributed by atoms with Gasteiger partial charge in [-0.3, -0.25) is 0 Å². The highest BCUT2D eigenvalue weighted by Crippen LogP contribution is 2.17. The van der Waals surface area contributed by atoms with Crippen LogP contribution in [0.2, 0.25) is 0 Å². The number of benzene rings is 1. The average molecular weight is 133 g/mol. The Kier molecular flexibility index (Phi) is 1.59. The Hall–Kier alpha value is -1.49. The Bertz CT molecular complexity index is 286. The molecule has 2 heteroatoms. The van der Waals surface area contributed by atoms with Crippen LogP contribution in [0.5, 0.6) is 5.75 Å². The average Bonchev–Trinajstić information content (AvgIpc) is 1.95. The van der Waals surface area contributed by atoms with E-state index in [-0.39, 0.29) is 5.75 Å². The van der Waals surface area contributed by atoms with E-state index in [1.165, 1.54) is 0 Å². The van der Waals surface area contributed by atoms with Gasteiger partial charge in [0.05, 0.1) is 11.6 Å². The van der Waals surface area contributed by atoms with Crippen molar-refractivity contribution in [1.29, 1.82) is 5.26 Å². The fourth-order valence-corrected chi connectivity index (χ4v) is 0.745. The monoisotopic (exact) mass is 133 g/mol. The first-order valence-electron chi connectivity index (χ1n) is 2.94. The third kappa shape index (κ3) is 0.939. The Balaban J connectivity index is 3.31. The summed E-state index contributed by atoms with van der Waals surface area (Å²) in [5, 5.41) is 17.6. The highest BCUT2D eigenvalue weighted by Gasteiger charge is 1.98. The SMILES string of the molecule is Cc1c(O)cccc1C#N. The number of hydrogen-bond acceptors (Lipinski definition) is 2. The molecule has 50 valence electrons. The molecule has 0 fully saturated rings. The van der Waals surface area contributed by atoms with Crippen LogP contribution in [0.4, 0.5) is 0 Å². The lowest BCUT2D eigenvalue weighted by Crippen LogP contribution is -1.80. The van der Waals surface area contributed by atoms with Gasteiger partial charge in [-0.2, -0.15) is 5.26 Å². The second-order valence-corrected chi connectivity index (χ2v) is 2.06. The zero-order chi connectivity index (χ0) is 7.56. The fourth-order valence-electron chi connectivity index (χ4n) is 0.745. The second kappa shape index (κ2) is 2.40. The third-order valence-electron chi connectivity index (χ3n) is 1.43. The van der Waals surface area contributed by atoms with E-state index >= 15 is 0 Å². The molecular formula is C8H7NO. The molecule has 0 saturated carbocycles. The van der Waals surface area contributed by atoms with Crippen molar-refractivity contribution in [3.63, 3.8) is 0 Å². The molecule has 2 nitrogen and oxygen atoms in total. The van der Waals surface area contributed by atoms with Gasteiger partial charge in [0, 0.05) is 5.56 Å². The number of nitriles is 1. The first-order valence-corrected chi connectivity index (χ1v) is 2.94. The summed E-state index contributed by atoms with van der Waals surface area (Å²) in [5.74, 6) is 0.180. The molecule has 0 aliphatic carbocycles. The number of hydrogen-bond donors (Lipinski definition) is 1. The molecule has 1 N–H and O–H groups in total. The molecule has 0 spiro atoms. The van der Waals surface area contributed by atoms with Gasteiger partial charge in [-0.1, -0.05) is 6.07 Å². The summed E-state index contributed by atoms with van der Waals surface area (Å²) in [6.07, 6.45) is 0. The normalized spacial score (nSPS) is 8.80. The molecule has 1 aromatic carbocycles. The highest BCUT2D eigenvalue weighted by atomic mass is 16.3. The largest absolute Gasteiger partial charge is 0.508 e. The molecule has 10 heavy (non-hydrogen) atoms. The van der Waals surface area contributed by atoms with E-state index in [0.29, 0.717) is 11.1 Å². The fraction of sp³-hybridized carbons (Fsp3) is 0.125. The Labute approximate surface area is 59.3 Å². The first-order chi connectivity index (χ1) is 4.75. The summed E-state index contributed by atoms with van der Waals surface area (Å²) in [4.78, 5) is 0. The topological polar surface area (TPSA) is 44.0 Å². The van der Waals surface area contributed by atoms with Crippen LogP contribution in [0.3, 0.4) is 0 Å². The van der Waals surface area contributed by atoms with E-state index in [1.54, 1.807) is 25.1 Å². The van der Waals surface area contributed by atoms with Gasteiger partial charge in [0.25, 0.3) is 0 Å². The summed E-state index contributed by atoms with van der Waals surface area (Å²) in [7, 11) is 0. The van der Waals surface area contributed by atoms with Crippen LogP contribution in [-0.4, -0.2) is 5.11 Å². The lowest BCUT2D eigenvalue weighted by molar-refractivity contribution is 0.471. The zero-order valence-electron chi connectivity index (χ0n) is 5.63. The van der Waals surface area contributed by atoms with E-state index < -0.39 is 0 Å². The number of phenolic OH excluding ortho intramolecular Hbond substituents is 1. The quantitative estimate of drug-likeness (QED) is 0.583. The van der Waals surface area contributed by atoms with Crippen molar-refractivity contribution >= 4 is 0 Å². The minimum atomic E-state index is 0.180. The van der Waals surface area contributed by atoms with E-state index in [0.717, 1.165) is 0 Å². The maximum Gasteiger partial charge on any atom is 0.119 e. The molecule has 0 bridgehead atoms. The van der Waals surface area contributed by atoms with E-state index in [1.807, 2.05) is 6.07 Å². The van der Waals surface area contributed by atoms with Crippen LogP contribution in [0.15, 0.2) is 18.2 Å². The lowest BCUT2D eigenvalue weighted by Gasteiger charge is -1.97. The van der Waals surface area contributed by atoms with Gasteiger partial charge in [-0.05, 0) is 19.1 Å². The van der Waals surface area contributed by atoms with Gasteiger partial charge in [-0.15, -0.1) is 0 Å².